The fourth-order valence-electron chi connectivity index (χ4n) is 5.06. The molecule has 230 valence electrons. The number of hydrogen-bond acceptors (Lipinski definition) is 7. The van der Waals surface area contributed by atoms with E-state index in [0.29, 0.717) is 24.4 Å². The Kier molecular flexibility index (Phi) is 12.5. The van der Waals surface area contributed by atoms with Gasteiger partial charge in [0.25, 0.3) is 0 Å². The van der Waals surface area contributed by atoms with Crippen molar-refractivity contribution in [3.63, 3.8) is 0 Å². The first-order valence-electron chi connectivity index (χ1n) is 14.8. The maximum Gasteiger partial charge on any atom is 0.224 e. The van der Waals surface area contributed by atoms with Gasteiger partial charge >= 0.3 is 0 Å². The van der Waals surface area contributed by atoms with E-state index in [-0.39, 0.29) is 36.5 Å². The van der Waals surface area contributed by atoms with E-state index in [1.54, 1.807) is 18.9 Å². The van der Waals surface area contributed by atoms with Crippen LogP contribution in [0.2, 0.25) is 0 Å². The Morgan fingerprint density at radius 2 is 1.74 bits per heavy atom. The standard InChI is InChI=1S/C34H42N2O6S/c1-23-30(22-43-31-13-7-6-12-29(31)40-3)41-34(42-33(23)26-17-15-25(21-37)16-18-26)27-10-9-11-28(20-27)36-32(39)14-5-4-8-19-35-24(2)38/h6-7,9-13,15-18,20,23,30,33-34,37H,4-5,8,14,19,21-22H2,1-3H3,(H,35,38)(H,36,39)/t23-,30+,33+,34+/m0/s1. The molecule has 3 N–H and O–H groups in total. The van der Waals surface area contributed by atoms with Crippen molar-refractivity contribution in [2.45, 2.75) is 69.5 Å². The number of nitrogens with one attached hydrogen (secondary N) is 2. The zero-order valence-electron chi connectivity index (χ0n) is 25.1. The van der Waals surface area contributed by atoms with E-state index in [1.807, 2.05) is 72.8 Å². The van der Waals surface area contributed by atoms with Crippen LogP contribution in [0.5, 0.6) is 5.75 Å². The molecule has 9 heteroatoms. The van der Waals surface area contributed by atoms with Crippen molar-refractivity contribution in [1.82, 2.24) is 5.32 Å². The van der Waals surface area contributed by atoms with Gasteiger partial charge in [0.2, 0.25) is 11.8 Å². The van der Waals surface area contributed by atoms with E-state index in [1.165, 1.54) is 6.92 Å². The van der Waals surface area contributed by atoms with Crippen LogP contribution >= 0.6 is 11.8 Å². The highest BCUT2D eigenvalue weighted by Gasteiger charge is 2.38. The van der Waals surface area contributed by atoms with Gasteiger partial charge in [0.1, 0.15) is 5.75 Å². The fourth-order valence-corrected chi connectivity index (χ4v) is 6.25. The minimum absolute atomic E-state index is 0.0130. The van der Waals surface area contributed by atoms with Crippen molar-refractivity contribution in [3.8, 4) is 5.75 Å². The van der Waals surface area contributed by atoms with Gasteiger partial charge in [-0.15, -0.1) is 11.8 Å². The van der Waals surface area contributed by atoms with Gasteiger partial charge in [-0.1, -0.05) is 61.9 Å². The summed E-state index contributed by atoms with van der Waals surface area (Å²) < 4.78 is 18.7. The first kappa shape index (κ1) is 32.5. The third-order valence-corrected chi connectivity index (χ3v) is 8.64. The zero-order chi connectivity index (χ0) is 30.6. The van der Waals surface area contributed by atoms with Crippen LogP contribution in [-0.2, 0) is 25.7 Å². The third-order valence-electron chi connectivity index (χ3n) is 7.49. The zero-order valence-corrected chi connectivity index (χ0v) is 25.9. The number of benzene rings is 3. The number of para-hydroxylation sites is 1. The van der Waals surface area contributed by atoms with Gasteiger partial charge < -0.3 is 30.0 Å². The number of anilines is 1. The lowest BCUT2D eigenvalue weighted by Gasteiger charge is -2.41. The summed E-state index contributed by atoms with van der Waals surface area (Å²) in [4.78, 5) is 24.7. The number of aliphatic hydroxyl groups excluding tert-OH is 1. The van der Waals surface area contributed by atoms with Crippen molar-refractivity contribution in [2.24, 2.45) is 5.92 Å². The van der Waals surface area contributed by atoms with E-state index in [9.17, 15) is 14.7 Å². The van der Waals surface area contributed by atoms with E-state index in [4.69, 9.17) is 14.2 Å². The molecule has 1 heterocycles. The number of hydrogen-bond donors (Lipinski definition) is 3. The summed E-state index contributed by atoms with van der Waals surface area (Å²) in [5.41, 5.74) is 3.38. The number of rotatable bonds is 14. The fraction of sp³-hybridized carbons (Fsp3) is 0.412. The van der Waals surface area contributed by atoms with Gasteiger partial charge in [0.15, 0.2) is 6.29 Å². The number of thioether (sulfide) groups is 1. The Labute approximate surface area is 258 Å². The van der Waals surface area contributed by atoms with E-state index in [2.05, 4.69) is 17.6 Å². The van der Waals surface area contributed by atoms with Crippen molar-refractivity contribution in [3.05, 3.63) is 89.5 Å². The minimum atomic E-state index is -0.632. The highest BCUT2D eigenvalue weighted by molar-refractivity contribution is 7.99. The maximum atomic E-state index is 12.6. The molecule has 8 nitrogen and oxygen atoms in total. The molecule has 3 aromatic carbocycles. The van der Waals surface area contributed by atoms with Crippen molar-refractivity contribution in [2.75, 3.05) is 24.7 Å². The lowest BCUT2D eigenvalue weighted by atomic mass is 9.91. The van der Waals surface area contributed by atoms with Crippen LogP contribution in [0.3, 0.4) is 0 Å². The Morgan fingerprint density at radius 1 is 0.953 bits per heavy atom. The second-order valence-electron chi connectivity index (χ2n) is 10.8. The first-order valence-corrected chi connectivity index (χ1v) is 15.8. The Bertz CT molecular complexity index is 1330. The van der Waals surface area contributed by atoms with Crippen molar-refractivity contribution in [1.29, 1.82) is 0 Å². The molecule has 0 unspecified atom stereocenters. The molecule has 43 heavy (non-hydrogen) atoms. The second-order valence-corrected chi connectivity index (χ2v) is 11.8. The number of carbonyl (C=O) groups excluding carboxylic acids is 2. The second kappa shape index (κ2) is 16.5. The van der Waals surface area contributed by atoms with Crippen LogP contribution in [0.15, 0.2) is 77.7 Å². The van der Waals surface area contributed by atoms with Crippen LogP contribution in [0.4, 0.5) is 5.69 Å². The topological polar surface area (TPSA) is 106 Å². The predicted octanol–water partition coefficient (Wildman–Crippen LogP) is 6.41. The van der Waals surface area contributed by atoms with E-state index in [0.717, 1.165) is 46.6 Å². The predicted molar refractivity (Wildman–Crippen MR) is 169 cm³/mol. The molecular weight excluding hydrogens is 564 g/mol. The monoisotopic (exact) mass is 606 g/mol. The molecule has 3 aromatic rings. The molecule has 1 aliphatic rings. The SMILES string of the molecule is COc1ccccc1SC[C@H]1O[C@@H](c2cccc(NC(=O)CCCCCNC(C)=O)c2)O[C@@H](c2ccc(CO)cc2)[C@H]1C. The number of ether oxygens (including phenoxy) is 3. The Hall–Kier alpha value is -3.37. The largest absolute Gasteiger partial charge is 0.496 e. The summed E-state index contributed by atoms with van der Waals surface area (Å²) in [6.45, 7) is 4.26. The van der Waals surface area contributed by atoms with Crippen LogP contribution < -0.4 is 15.4 Å². The van der Waals surface area contributed by atoms with Crippen molar-refractivity contribution < 1.29 is 28.9 Å². The molecule has 0 radical (unpaired) electrons. The molecular formula is C34H42N2O6S. The van der Waals surface area contributed by atoms with Gasteiger partial charge in [0, 0.05) is 47.7 Å². The van der Waals surface area contributed by atoms with E-state index >= 15 is 0 Å². The minimum Gasteiger partial charge on any atom is -0.496 e. The van der Waals surface area contributed by atoms with Crippen LogP contribution in [-0.4, -0.2) is 42.4 Å². The Balaban J connectivity index is 1.46. The van der Waals surface area contributed by atoms with Gasteiger partial charge in [-0.2, -0.15) is 0 Å². The van der Waals surface area contributed by atoms with E-state index < -0.39 is 6.29 Å². The quantitative estimate of drug-likeness (QED) is 0.144. The third kappa shape index (κ3) is 9.56. The molecule has 1 aliphatic heterocycles. The number of unbranched alkanes of at least 4 members (excludes halogenated alkanes) is 2. The number of methoxy groups -OCH3 is 1. The van der Waals surface area contributed by atoms with Crippen molar-refractivity contribution >= 4 is 29.3 Å². The molecule has 0 bridgehead atoms. The summed E-state index contributed by atoms with van der Waals surface area (Å²) in [5.74, 6) is 1.49. The molecule has 0 aromatic heterocycles. The number of carbonyl (C=O) groups is 2. The molecule has 2 amide bonds. The average molecular weight is 607 g/mol. The smallest absolute Gasteiger partial charge is 0.224 e. The molecule has 4 rings (SSSR count). The highest BCUT2D eigenvalue weighted by Crippen LogP contribution is 2.44. The average Bonchev–Trinajstić information content (AvgIpc) is 3.02. The summed E-state index contributed by atoms with van der Waals surface area (Å²) in [5, 5.41) is 15.3. The summed E-state index contributed by atoms with van der Waals surface area (Å²) in [6, 6.07) is 23.4. The lowest BCUT2D eigenvalue weighted by Crippen LogP contribution is -2.38. The summed E-state index contributed by atoms with van der Waals surface area (Å²) in [6.07, 6.45) is 1.87. The highest BCUT2D eigenvalue weighted by atomic mass is 32.2. The number of amides is 2. The summed E-state index contributed by atoms with van der Waals surface area (Å²) >= 11 is 1.69. The lowest BCUT2D eigenvalue weighted by molar-refractivity contribution is -0.268. The first-order chi connectivity index (χ1) is 20.9. The molecule has 4 atom stereocenters. The molecule has 1 saturated heterocycles. The number of aliphatic hydroxyl groups is 1. The Morgan fingerprint density at radius 3 is 2.49 bits per heavy atom. The van der Waals surface area contributed by atoms with Crippen LogP contribution in [0, 0.1) is 5.92 Å². The molecule has 1 fully saturated rings. The van der Waals surface area contributed by atoms with Gasteiger partial charge in [-0.3, -0.25) is 9.59 Å². The molecule has 0 aliphatic carbocycles. The van der Waals surface area contributed by atoms with Gasteiger partial charge in [0.05, 0.1) is 25.9 Å². The molecule has 0 spiro atoms. The summed E-state index contributed by atoms with van der Waals surface area (Å²) in [7, 11) is 1.68. The van der Waals surface area contributed by atoms with Crippen LogP contribution in [0.25, 0.3) is 0 Å². The van der Waals surface area contributed by atoms with Crippen LogP contribution in [0.1, 0.15) is 68.6 Å². The van der Waals surface area contributed by atoms with Gasteiger partial charge in [-0.25, -0.2) is 0 Å². The maximum absolute atomic E-state index is 12.6. The molecule has 0 saturated carbocycles. The van der Waals surface area contributed by atoms with Gasteiger partial charge in [-0.05, 0) is 48.2 Å². The normalized spacial score (nSPS) is 19.9.